The first kappa shape index (κ1) is 18.7. The summed E-state index contributed by atoms with van der Waals surface area (Å²) in [7, 11) is 1.84. The third-order valence-electron chi connectivity index (χ3n) is 3.52. The number of carboxylic acid groups (broad SMARTS) is 1. The maximum absolute atomic E-state index is 10.5. The van der Waals surface area contributed by atoms with Crippen molar-refractivity contribution in [3.8, 4) is 0 Å². The minimum Gasteiger partial charge on any atom is -0.481 e. The van der Waals surface area contributed by atoms with Crippen LogP contribution in [0.2, 0.25) is 0 Å². The molecule has 0 spiro atoms. The van der Waals surface area contributed by atoms with Crippen LogP contribution in [0.1, 0.15) is 31.7 Å². The van der Waals surface area contributed by atoms with E-state index in [0.29, 0.717) is 5.91 Å². The Morgan fingerprint density at radius 2 is 1.78 bits per heavy atom. The molecular weight excluding hydrogens is 290 g/mol. The van der Waals surface area contributed by atoms with Crippen LogP contribution in [0.15, 0.2) is 42.5 Å². The van der Waals surface area contributed by atoms with Gasteiger partial charge in [-0.3, -0.25) is 9.59 Å². The third-order valence-corrected chi connectivity index (χ3v) is 3.52. The molecule has 2 aromatic carbocycles. The van der Waals surface area contributed by atoms with Crippen molar-refractivity contribution in [2.24, 2.45) is 0 Å². The van der Waals surface area contributed by atoms with E-state index < -0.39 is 5.97 Å². The Bertz CT molecular complexity index is 652. The number of hydrogen-bond donors (Lipinski definition) is 1. The first-order valence-corrected chi connectivity index (χ1v) is 7.85. The highest BCUT2D eigenvalue weighted by molar-refractivity contribution is 5.82. The topological polar surface area (TPSA) is 57.6 Å². The maximum atomic E-state index is 10.5. The summed E-state index contributed by atoms with van der Waals surface area (Å²) >= 11 is 0. The third kappa shape index (κ3) is 6.96. The lowest BCUT2D eigenvalue weighted by Gasteiger charge is -2.03. The van der Waals surface area contributed by atoms with Gasteiger partial charge in [-0.25, -0.2) is 0 Å². The predicted molar refractivity (Wildman–Crippen MR) is 93.5 cm³/mol. The van der Waals surface area contributed by atoms with Gasteiger partial charge >= 0.3 is 5.97 Å². The second-order valence-electron chi connectivity index (χ2n) is 5.52. The zero-order valence-corrected chi connectivity index (χ0v) is 14.1. The van der Waals surface area contributed by atoms with Crippen LogP contribution in [0.3, 0.4) is 0 Å². The second-order valence-corrected chi connectivity index (χ2v) is 5.52. The van der Waals surface area contributed by atoms with Crippen LogP contribution in [-0.4, -0.2) is 35.5 Å². The predicted octanol–water partition coefficient (Wildman–Crippen LogP) is 3.87. The standard InChI is InChI=1S/C11H10.C5H9NO.C3H6O2/c1-9-6-7-10-4-2-3-5-11(10)8-9;1-6-4-2-3-5(6)7;1-2-3(4)5/h2-8H,1H3;2-4H2,1H3;2H2,1H3,(H,4,5). The molecule has 4 nitrogen and oxygen atoms in total. The number of carboxylic acids is 1. The summed E-state index contributed by atoms with van der Waals surface area (Å²) in [6.07, 6.45) is 2.03. The van der Waals surface area contributed by atoms with Crippen LogP contribution >= 0.6 is 0 Å². The van der Waals surface area contributed by atoms with Crippen molar-refractivity contribution >= 4 is 22.6 Å². The van der Waals surface area contributed by atoms with E-state index in [2.05, 4.69) is 49.4 Å². The summed E-state index contributed by atoms with van der Waals surface area (Å²) in [6, 6.07) is 14.9. The van der Waals surface area contributed by atoms with Crippen LogP contribution in [0.4, 0.5) is 0 Å². The van der Waals surface area contributed by atoms with Crippen molar-refractivity contribution in [3.63, 3.8) is 0 Å². The number of carbonyl (C=O) groups excluding carboxylic acids is 1. The molecule has 1 amide bonds. The molecule has 0 aromatic heterocycles. The largest absolute Gasteiger partial charge is 0.481 e. The number of carbonyl (C=O) groups is 2. The quantitative estimate of drug-likeness (QED) is 0.869. The van der Waals surface area contributed by atoms with Crippen molar-refractivity contribution in [1.29, 1.82) is 0 Å². The van der Waals surface area contributed by atoms with Crippen molar-refractivity contribution in [1.82, 2.24) is 4.90 Å². The Morgan fingerprint density at radius 1 is 1.17 bits per heavy atom. The summed E-state index contributed by atoms with van der Waals surface area (Å²) in [5.41, 5.74) is 1.32. The number of amides is 1. The number of nitrogens with zero attached hydrogens (tertiary/aromatic N) is 1. The molecule has 1 saturated heterocycles. The second kappa shape index (κ2) is 9.62. The Hall–Kier alpha value is -2.36. The zero-order valence-electron chi connectivity index (χ0n) is 14.1. The summed E-state index contributed by atoms with van der Waals surface area (Å²) in [6.45, 7) is 4.67. The molecule has 0 saturated carbocycles. The lowest BCUT2D eigenvalue weighted by molar-refractivity contribution is -0.136. The molecule has 0 atom stereocenters. The van der Waals surface area contributed by atoms with Crippen LogP contribution in [0.5, 0.6) is 0 Å². The number of hydrogen-bond acceptors (Lipinski definition) is 2. The highest BCUT2D eigenvalue weighted by Crippen LogP contribution is 2.14. The summed E-state index contributed by atoms with van der Waals surface area (Å²) in [4.78, 5) is 21.6. The van der Waals surface area contributed by atoms with Crippen molar-refractivity contribution in [2.75, 3.05) is 13.6 Å². The first-order valence-electron chi connectivity index (χ1n) is 7.85. The summed E-state index contributed by atoms with van der Waals surface area (Å²) < 4.78 is 0. The van der Waals surface area contributed by atoms with E-state index in [-0.39, 0.29) is 6.42 Å². The van der Waals surface area contributed by atoms with E-state index >= 15 is 0 Å². The molecule has 124 valence electrons. The number of aliphatic carboxylic acids is 1. The fourth-order valence-electron chi connectivity index (χ4n) is 2.09. The number of benzene rings is 2. The van der Waals surface area contributed by atoms with E-state index in [1.54, 1.807) is 11.8 Å². The molecule has 3 rings (SSSR count). The van der Waals surface area contributed by atoms with E-state index in [4.69, 9.17) is 5.11 Å². The van der Waals surface area contributed by atoms with Crippen LogP contribution < -0.4 is 0 Å². The van der Waals surface area contributed by atoms with Gasteiger partial charge in [0.05, 0.1) is 0 Å². The average molecular weight is 315 g/mol. The molecule has 1 N–H and O–H groups in total. The minimum absolute atomic E-state index is 0.222. The Labute approximate surface area is 137 Å². The Kier molecular flexibility index (Phi) is 7.81. The summed E-state index contributed by atoms with van der Waals surface area (Å²) in [5, 5.41) is 10.4. The summed E-state index contributed by atoms with van der Waals surface area (Å²) in [5.74, 6) is -0.454. The van der Waals surface area contributed by atoms with E-state index in [0.717, 1.165) is 19.4 Å². The molecule has 2 aromatic rings. The van der Waals surface area contributed by atoms with Crippen LogP contribution in [0, 0.1) is 6.92 Å². The fourth-order valence-corrected chi connectivity index (χ4v) is 2.09. The monoisotopic (exact) mass is 315 g/mol. The van der Waals surface area contributed by atoms with Gasteiger partial charge in [-0.2, -0.15) is 0 Å². The molecule has 1 aliphatic heterocycles. The van der Waals surface area contributed by atoms with Gasteiger partial charge in [-0.1, -0.05) is 55.0 Å². The van der Waals surface area contributed by atoms with Gasteiger partial charge in [-0.05, 0) is 24.1 Å². The molecule has 1 fully saturated rings. The minimum atomic E-state index is -0.745. The molecular formula is C19H25NO3. The number of likely N-dealkylation sites (tertiary alicyclic amines) is 1. The van der Waals surface area contributed by atoms with E-state index in [1.807, 2.05) is 7.05 Å². The van der Waals surface area contributed by atoms with Gasteiger partial charge in [0, 0.05) is 26.4 Å². The van der Waals surface area contributed by atoms with Crippen molar-refractivity contribution < 1.29 is 14.7 Å². The molecule has 0 radical (unpaired) electrons. The zero-order chi connectivity index (χ0) is 17.2. The van der Waals surface area contributed by atoms with E-state index in [9.17, 15) is 9.59 Å². The number of fused-ring (bicyclic) bond motifs is 1. The van der Waals surface area contributed by atoms with Gasteiger partial charge in [-0.15, -0.1) is 0 Å². The smallest absolute Gasteiger partial charge is 0.303 e. The normalized spacial score (nSPS) is 13.0. The molecule has 0 bridgehead atoms. The number of rotatable bonds is 1. The fraction of sp³-hybridized carbons (Fsp3) is 0.368. The van der Waals surface area contributed by atoms with Crippen molar-refractivity contribution in [3.05, 3.63) is 48.0 Å². The highest BCUT2D eigenvalue weighted by Gasteiger charge is 2.14. The molecule has 1 aliphatic rings. The molecule has 1 heterocycles. The van der Waals surface area contributed by atoms with Crippen LogP contribution in [-0.2, 0) is 9.59 Å². The molecule has 4 heteroatoms. The van der Waals surface area contributed by atoms with Gasteiger partial charge in [0.15, 0.2) is 0 Å². The van der Waals surface area contributed by atoms with Gasteiger partial charge in [0.1, 0.15) is 0 Å². The first-order chi connectivity index (χ1) is 10.9. The SMILES string of the molecule is CCC(=O)O.CN1CCCC1=O.Cc1ccc2ccccc2c1. The molecule has 23 heavy (non-hydrogen) atoms. The van der Waals surface area contributed by atoms with Crippen LogP contribution in [0.25, 0.3) is 10.8 Å². The van der Waals surface area contributed by atoms with E-state index in [1.165, 1.54) is 16.3 Å². The lowest BCUT2D eigenvalue weighted by atomic mass is 10.1. The Balaban J connectivity index is 0.000000191. The molecule has 0 aliphatic carbocycles. The molecule has 0 unspecified atom stereocenters. The average Bonchev–Trinajstić information content (AvgIpc) is 2.92. The highest BCUT2D eigenvalue weighted by atomic mass is 16.4. The maximum Gasteiger partial charge on any atom is 0.303 e. The van der Waals surface area contributed by atoms with Gasteiger partial charge in [0.2, 0.25) is 5.91 Å². The lowest BCUT2D eigenvalue weighted by Crippen LogP contribution is -2.17. The van der Waals surface area contributed by atoms with Gasteiger partial charge < -0.3 is 10.0 Å². The number of aryl methyl sites for hydroxylation is 1. The van der Waals surface area contributed by atoms with Gasteiger partial charge in [0.25, 0.3) is 0 Å². The van der Waals surface area contributed by atoms with Crippen molar-refractivity contribution in [2.45, 2.75) is 33.1 Å². The Morgan fingerprint density at radius 3 is 2.22 bits per heavy atom.